The van der Waals surface area contributed by atoms with Gasteiger partial charge in [-0.05, 0) is 66.2 Å². The van der Waals surface area contributed by atoms with Crippen molar-refractivity contribution in [1.82, 2.24) is 0 Å². The summed E-state index contributed by atoms with van der Waals surface area (Å²) in [7, 11) is -2.76. The molecule has 4 rings (SSSR count). The highest BCUT2D eigenvalue weighted by Gasteiger charge is 2.33. The number of nitrogens with two attached hydrogens (primary N) is 1. The van der Waals surface area contributed by atoms with Gasteiger partial charge < -0.3 is 11.1 Å². The van der Waals surface area contributed by atoms with Gasteiger partial charge in [-0.3, -0.25) is 4.79 Å². The predicted octanol–water partition coefficient (Wildman–Crippen LogP) is 4.82. The van der Waals surface area contributed by atoms with Crippen molar-refractivity contribution in [2.24, 2.45) is 0 Å². The van der Waals surface area contributed by atoms with Crippen LogP contribution in [-0.4, -0.2) is 15.4 Å². The molecule has 5 nitrogen and oxygen atoms in total. The summed E-state index contributed by atoms with van der Waals surface area (Å²) >= 11 is 1.62. The quantitative estimate of drug-likeness (QED) is 0.539. The summed E-state index contributed by atoms with van der Waals surface area (Å²) in [6.07, 6.45) is 1.68. The molecule has 0 radical (unpaired) electrons. The van der Waals surface area contributed by atoms with Gasteiger partial charge in [0.05, 0.1) is 21.1 Å². The largest absolute Gasteiger partial charge is 0.397 e. The summed E-state index contributed by atoms with van der Waals surface area (Å²) in [6.45, 7) is 0. The van der Waals surface area contributed by atoms with Crippen LogP contribution in [0, 0.1) is 4.78 Å². The molecule has 1 aromatic heterocycles. The highest BCUT2D eigenvalue weighted by molar-refractivity contribution is 7.93. The fraction of sp³-hybridized carbons (Fsp3) is 0.150. The zero-order valence-corrected chi connectivity index (χ0v) is 16.1. The van der Waals surface area contributed by atoms with Crippen molar-refractivity contribution in [2.45, 2.75) is 23.0 Å². The van der Waals surface area contributed by atoms with Crippen molar-refractivity contribution in [2.75, 3.05) is 11.1 Å². The summed E-state index contributed by atoms with van der Waals surface area (Å²) in [5.74, 6) is -0.292. The molecule has 0 spiro atoms. The zero-order chi connectivity index (χ0) is 19.0. The highest BCUT2D eigenvalue weighted by atomic mass is 32.2. The normalized spacial score (nSPS) is 15.9. The Labute approximate surface area is 162 Å². The lowest BCUT2D eigenvalue weighted by Gasteiger charge is -2.11. The Bertz CT molecular complexity index is 1080. The van der Waals surface area contributed by atoms with E-state index in [2.05, 4.69) is 5.32 Å². The number of amides is 1. The molecule has 0 aliphatic heterocycles. The summed E-state index contributed by atoms with van der Waals surface area (Å²) in [6, 6.07) is 16.0. The van der Waals surface area contributed by atoms with Crippen LogP contribution in [0.5, 0.6) is 0 Å². The first-order valence-corrected chi connectivity index (χ1v) is 11.1. The lowest BCUT2D eigenvalue weighted by Crippen LogP contribution is -2.13. The zero-order valence-electron chi connectivity index (χ0n) is 14.5. The fourth-order valence-corrected chi connectivity index (χ4v) is 5.31. The van der Waals surface area contributed by atoms with Crippen LogP contribution in [0.1, 0.15) is 23.2 Å². The minimum absolute atomic E-state index is 0.0445. The molecule has 1 heterocycles. The maximum atomic E-state index is 12.6. The third-order valence-corrected chi connectivity index (χ3v) is 7.87. The van der Waals surface area contributed by atoms with E-state index in [1.807, 2.05) is 29.6 Å². The Kier molecular flexibility index (Phi) is 4.49. The molecule has 0 unspecified atom stereocenters. The van der Waals surface area contributed by atoms with Crippen LogP contribution in [0.25, 0.3) is 10.4 Å². The number of rotatable bonds is 5. The van der Waals surface area contributed by atoms with Crippen LogP contribution in [0.2, 0.25) is 0 Å². The topological polar surface area (TPSA) is 96.0 Å². The SMILES string of the molecule is N=[S@](=O)(c1ccc(C(=O)Nc2cc(-c3cccs3)ccc2N)cc1)C1CC1. The lowest BCUT2D eigenvalue weighted by molar-refractivity contribution is 0.102. The molecule has 138 valence electrons. The van der Waals surface area contributed by atoms with E-state index in [4.69, 9.17) is 10.5 Å². The number of thiophene rings is 1. The Balaban J connectivity index is 1.55. The van der Waals surface area contributed by atoms with Gasteiger partial charge in [0.15, 0.2) is 0 Å². The maximum absolute atomic E-state index is 12.6. The molecular formula is C20H19N3O2S2. The fourth-order valence-electron chi connectivity index (χ4n) is 2.86. The van der Waals surface area contributed by atoms with Crippen molar-refractivity contribution in [1.29, 1.82) is 4.78 Å². The maximum Gasteiger partial charge on any atom is 0.255 e. The average molecular weight is 398 g/mol. The Morgan fingerprint density at radius 1 is 1.15 bits per heavy atom. The standard InChI is InChI=1S/C20H19N3O2S2/c21-17-10-5-14(19-2-1-11-26-19)12-18(17)23-20(24)13-3-6-15(7-4-13)27(22,25)16-8-9-16/h1-7,10-12,16,22H,8-9,21H2,(H,23,24)/t27-/m0/s1. The van der Waals surface area contributed by atoms with E-state index in [1.54, 1.807) is 41.7 Å². The molecule has 0 bridgehead atoms. The summed E-state index contributed by atoms with van der Waals surface area (Å²) in [5, 5.41) is 4.80. The van der Waals surface area contributed by atoms with Crippen molar-refractivity contribution in [3.63, 3.8) is 0 Å². The predicted molar refractivity (Wildman–Crippen MR) is 111 cm³/mol. The lowest BCUT2D eigenvalue weighted by atomic mass is 10.1. The van der Waals surface area contributed by atoms with Crippen LogP contribution in [-0.2, 0) is 9.73 Å². The van der Waals surface area contributed by atoms with Gasteiger partial charge in [0.25, 0.3) is 5.91 Å². The van der Waals surface area contributed by atoms with Crippen molar-refractivity contribution >= 4 is 38.3 Å². The van der Waals surface area contributed by atoms with E-state index in [1.165, 1.54) is 0 Å². The van der Waals surface area contributed by atoms with Gasteiger partial charge in [-0.1, -0.05) is 12.1 Å². The average Bonchev–Trinajstić information content (AvgIpc) is 3.40. The van der Waals surface area contributed by atoms with Gasteiger partial charge in [-0.15, -0.1) is 11.3 Å². The molecule has 1 fully saturated rings. The number of carbonyl (C=O) groups is 1. The number of hydrogen-bond acceptors (Lipinski definition) is 5. The van der Waals surface area contributed by atoms with Gasteiger partial charge in [-0.25, -0.2) is 8.99 Å². The minimum atomic E-state index is -2.76. The summed E-state index contributed by atoms with van der Waals surface area (Å²) in [4.78, 5) is 14.2. The van der Waals surface area contributed by atoms with Crippen molar-refractivity contribution in [3.05, 3.63) is 65.5 Å². The Hall–Kier alpha value is -2.64. The third-order valence-electron chi connectivity index (χ3n) is 4.57. The van der Waals surface area contributed by atoms with Crippen molar-refractivity contribution < 1.29 is 9.00 Å². The van der Waals surface area contributed by atoms with E-state index in [0.29, 0.717) is 21.8 Å². The molecule has 7 heteroatoms. The van der Waals surface area contributed by atoms with Gasteiger partial charge in [0.1, 0.15) is 0 Å². The number of benzene rings is 2. The van der Waals surface area contributed by atoms with Gasteiger partial charge in [-0.2, -0.15) is 0 Å². The molecule has 1 atom stereocenters. The van der Waals surface area contributed by atoms with Crippen LogP contribution >= 0.6 is 11.3 Å². The number of nitrogens with one attached hydrogen (secondary N) is 2. The Morgan fingerprint density at radius 2 is 1.89 bits per heavy atom. The molecule has 1 amide bonds. The molecule has 27 heavy (non-hydrogen) atoms. The van der Waals surface area contributed by atoms with E-state index in [-0.39, 0.29) is 11.2 Å². The van der Waals surface area contributed by atoms with Gasteiger partial charge >= 0.3 is 0 Å². The second-order valence-corrected chi connectivity index (χ2v) is 9.84. The van der Waals surface area contributed by atoms with Crippen molar-refractivity contribution in [3.8, 4) is 10.4 Å². The summed E-state index contributed by atoms with van der Waals surface area (Å²) < 4.78 is 20.5. The van der Waals surface area contributed by atoms with Gasteiger partial charge in [0, 0.05) is 20.6 Å². The van der Waals surface area contributed by atoms with Crippen LogP contribution in [0.3, 0.4) is 0 Å². The second kappa shape index (κ2) is 6.83. The molecule has 1 aliphatic rings. The smallest absolute Gasteiger partial charge is 0.255 e. The first kappa shape index (κ1) is 17.8. The highest BCUT2D eigenvalue weighted by Crippen LogP contribution is 2.34. The first-order valence-electron chi connectivity index (χ1n) is 8.57. The van der Waals surface area contributed by atoms with E-state index in [0.717, 1.165) is 23.3 Å². The molecule has 3 aromatic rings. The molecule has 1 aliphatic carbocycles. The van der Waals surface area contributed by atoms with E-state index >= 15 is 0 Å². The van der Waals surface area contributed by atoms with Crippen LogP contribution in [0.15, 0.2) is 64.9 Å². The number of nitrogen functional groups attached to an aromatic ring is 1. The molecule has 1 saturated carbocycles. The molecule has 2 aromatic carbocycles. The van der Waals surface area contributed by atoms with Gasteiger partial charge in [0.2, 0.25) is 0 Å². The number of hydrogen-bond donors (Lipinski definition) is 3. The minimum Gasteiger partial charge on any atom is -0.397 e. The van der Waals surface area contributed by atoms with E-state index in [9.17, 15) is 9.00 Å². The number of anilines is 2. The van der Waals surface area contributed by atoms with Crippen LogP contribution in [0.4, 0.5) is 11.4 Å². The number of carbonyl (C=O) groups excluding carboxylic acids is 1. The molecule has 4 N–H and O–H groups in total. The summed E-state index contributed by atoms with van der Waals surface area (Å²) in [5.41, 5.74) is 8.48. The Morgan fingerprint density at radius 3 is 2.52 bits per heavy atom. The monoisotopic (exact) mass is 397 g/mol. The third kappa shape index (κ3) is 3.61. The molecule has 0 saturated heterocycles. The first-order chi connectivity index (χ1) is 12.9. The molecular weight excluding hydrogens is 378 g/mol. The van der Waals surface area contributed by atoms with Crippen LogP contribution < -0.4 is 11.1 Å². The second-order valence-electron chi connectivity index (χ2n) is 6.56. The van der Waals surface area contributed by atoms with E-state index < -0.39 is 9.73 Å².